The van der Waals surface area contributed by atoms with Crippen LogP contribution in [0.2, 0.25) is 0 Å². The van der Waals surface area contributed by atoms with Gasteiger partial charge >= 0.3 is 0 Å². The van der Waals surface area contributed by atoms with E-state index in [1.807, 2.05) is 6.07 Å². The molecule has 0 bridgehead atoms. The summed E-state index contributed by atoms with van der Waals surface area (Å²) in [6, 6.07) is 9.76. The highest BCUT2D eigenvalue weighted by Gasteiger charge is 2.25. The summed E-state index contributed by atoms with van der Waals surface area (Å²) in [6.07, 6.45) is 1.12. The van der Waals surface area contributed by atoms with Crippen molar-refractivity contribution in [1.29, 1.82) is 0 Å². The van der Waals surface area contributed by atoms with Gasteiger partial charge in [-0.3, -0.25) is 9.59 Å². The van der Waals surface area contributed by atoms with Crippen molar-refractivity contribution in [3.8, 4) is 5.75 Å². The van der Waals surface area contributed by atoms with Crippen molar-refractivity contribution in [3.63, 3.8) is 0 Å². The monoisotopic (exact) mass is 315 g/mol. The Hall–Kier alpha value is -2.96. The van der Waals surface area contributed by atoms with Crippen molar-refractivity contribution in [2.45, 2.75) is 6.42 Å². The number of rotatable bonds is 4. The standard InChI is InChI=1S/C16H14FN3O3/c17-11-5-6-14(18-9-11)19-15(21)7-8-20-12-3-1-2-4-13(12)23-10-16(20)22/h1-6,9H,7-8,10H2,(H,18,19,21). The maximum absolute atomic E-state index is 12.8. The average molecular weight is 315 g/mol. The molecule has 0 spiro atoms. The van der Waals surface area contributed by atoms with Crippen LogP contribution in [0, 0.1) is 5.82 Å². The lowest BCUT2D eigenvalue weighted by Crippen LogP contribution is -2.40. The number of hydrogen-bond acceptors (Lipinski definition) is 4. The Morgan fingerprint density at radius 3 is 2.91 bits per heavy atom. The van der Waals surface area contributed by atoms with E-state index >= 15 is 0 Å². The molecule has 7 heteroatoms. The summed E-state index contributed by atoms with van der Waals surface area (Å²) in [5, 5.41) is 2.56. The number of benzene rings is 1. The zero-order chi connectivity index (χ0) is 16.2. The second kappa shape index (κ2) is 6.43. The lowest BCUT2D eigenvalue weighted by atomic mass is 10.2. The summed E-state index contributed by atoms with van der Waals surface area (Å²) < 4.78 is 18.1. The number of anilines is 2. The van der Waals surface area contributed by atoms with Gasteiger partial charge in [-0.2, -0.15) is 0 Å². The molecule has 0 fully saturated rings. The van der Waals surface area contributed by atoms with E-state index < -0.39 is 5.82 Å². The Morgan fingerprint density at radius 1 is 1.30 bits per heavy atom. The first-order valence-corrected chi connectivity index (χ1v) is 7.07. The van der Waals surface area contributed by atoms with E-state index in [9.17, 15) is 14.0 Å². The predicted octanol–water partition coefficient (Wildman–Crippen LogP) is 1.97. The molecule has 0 atom stereocenters. The van der Waals surface area contributed by atoms with E-state index in [0.29, 0.717) is 11.4 Å². The van der Waals surface area contributed by atoms with Crippen LogP contribution in [0.5, 0.6) is 5.75 Å². The Labute approximate surface area is 131 Å². The molecule has 2 aromatic rings. The molecule has 1 aromatic carbocycles. The first-order chi connectivity index (χ1) is 11.1. The van der Waals surface area contributed by atoms with Crippen LogP contribution in [0.15, 0.2) is 42.6 Å². The predicted molar refractivity (Wildman–Crippen MR) is 81.7 cm³/mol. The quantitative estimate of drug-likeness (QED) is 0.936. The number of carbonyl (C=O) groups excluding carboxylic acids is 2. The lowest BCUT2D eigenvalue weighted by molar-refractivity contribution is -0.121. The molecule has 0 saturated heterocycles. The third-order valence-corrected chi connectivity index (χ3v) is 3.37. The number of halogens is 1. The number of para-hydroxylation sites is 2. The normalized spacial score (nSPS) is 13.3. The Balaban J connectivity index is 1.62. The molecule has 118 valence electrons. The fraction of sp³-hybridized carbons (Fsp3) is 0.188. The fourth-order valence-corrected chi connectivity index (χ4v) is 2.27. The van der Waals surface area contributed by atoms with Gasteiger partial charge in [0.2, 0.25) is 5.91 Å². The molecule has 0 aliphatic carbocycles. The SMILES string of the molecule is O=C(CCN1C(=O)COc2ccccc21)Nc1ccc(F)cn1. The van der Waals surface area contributed by atoms with Crippen LogP contribution in [0.1, 0.15) is 6.42 Å². The van der Waals surface area contributed by atoms with Gasteiger partial charge in [-0.1, -0.05) is 12.1 Å². The minimum Gasteiger partial charge on any atom is -0.482 e. The molecule has 0 unspecified atom stereocenters. The smallest absolute Gasteiger partial charge is 0.265 e. The molecule has 6 nitrogen and oxygen atoms in total. The number of amides is 2. The fourth-order valence-electron chi connectivity index (χ4n) is 2.27. The van der Waals surface area contributed by atoms with Crippen molar-refractivity contribution in [2.75, 3.05) is 23.4 Å². The number of fused-ring (bicyclic) bond motifs is 1. The lowest BCUT2D eigenvalue weighted by Gasteiger charge is -2.29. The molecule has 3 rings (SSSR count). The first kappa shape index (κ1) is 15.0. The largest absolute Gasteiger partial charge is 0.482 e. The minimum absolute atomic E-state index is 0.0435. The van der Waals surface area contributed by atoms with Crippen LogP contribution in [-0.4, -0.2) is 29.9 Å². The van der Waals surface area contributed by atoms with Crippen LogP contribution >= 0.6 is 0 Å². The van der Waals surface area contributed by atoms with Gasteiger partial charge in [-0.25, -0.2) is 9.37 Å². The van der Waals surface area contributed by atoms with Crippen LogP contribution in [-0.2, 0) is 9.59 Å². The van der Waals surface area contributed by atoms with Gasteiger partial charge in [0.05, 0.1) is 11.9 Å². The summed E-state index contributed by atoms with van der Waals surface area (Å²) >= 11 is 0. The molecule has 0 radical (unpaired) electrons. The van der Waals surface area contributed by atoms with E-state index in [1.165, 1.54) is 17.0 Å². The van der Waals surface area contributed by atoms with Crippen molar-refractivity contribution in [3.05, 3.63) is 48.4 Å². The van der Waals surface area contributed by atoms with Gasteiger partial charge in [-0.05, 0) is 24.3 Å². The first-order valence-electron chi connectivity index (χ1n) is 7.07. The zero-order valence-corrected chi connectivity index (χ0v) is 12.2. The van der Waals surface area contributed by atoms with Crippen molar-refractivity contribution in [1.82, 2.24) is 4.98 Å². The Kier molecular flexibility index (Phi) is 4.18. The number of aromatic nitrogens is 1. The molecule has 2 heterocycles. The van der Waals surface area contributed by atoms with Crippen molar-refractivity contribution in [2.24, 2.45) is 0 Å². The molecule has 0 saturated carbocycles. The minimum atomic E-state index is -0.474. The van der Waals surface area contributed by atoms with Gasteiger partial charge in [0.25, 0.3) is 5.91 Å². The summed E-state index contributed by atoms with van der Waals surface area (Å²) in [7, 11) is 0. The number of nitrogens with one attached hydrogen (secondary N) is 1. The Morgan fingerprint density at radius 2 is 2.13 bits per heavy atom. The number of carbonyl (C=O) groups is 2. The summed E-state index contributed by atoms with van der Waals surface area (Å²) in [5.74, 6) is -0.0892. The number of hydrogen-bond donors (Lipinski definition) is 1. The van der Waals surface area contributed by atoms with Gasteiger partial charge in [0.1, 0.15) is 17.4 Å². The van der Waals surface area contributed by atoms with E-state index in [2.05, 4.69) is 10.3 Å². The number of nitrogens with zero attached hydrogens (tertiary/aromatic N) is 2. The number of ether oxygens (including phenoxy) is 1. The third kappa shape index (κ3) is 3.45. The summed E-state index contributed by atoms with van der Waals surface area (Å²) in [6.45, 7) is 0.185. The molecule has 1 aromatic heterocycles. The highest BCUT2D eigenvalue weighted by molar-refractivity contribution is 5.99. The van der Waals surface area contributed by atoms with Gasteiger partial charge in [0, 0.05) is 13.0 Å². The van der Waals surface area contributed by atoms with E-state index in [0.717, 1.165) is 6.20 Å². The molecule has 1 N–H and O–H groups in total. The molecule has 1 aliphatic rings. The second-order valence-corrected chi connectivity index (χ2v) is 4.96. The van der Waals surface area contributed by atoms with E-state index in [-0.39, 0.29) is 37.2 Å². The molecule has 23 heavy (non-hydrogen) atoms. The second-order valence-electron chi connectivity index (χ2n) is 4.96. The van der Waals surface area contributed by atoms with Gasteiger partial charge in [0.15, 0.2) is 6.61 Å². The molecule has 2 amide bonds. The highest BCUT2D eigenvalue weighted by Crippen LogP contribution is 2.31. The third-order valence-electron chi connectivity index (χ3n) is 3.37. The number of pyridine rings is 1. The maximum atomic E-state index is 12.8. The van der Waals surface area contributed by atoms with Gasteiger partial charge < -0.3 is 15.0 Å². The molecular weight excluding hydrogens is 301 g/mol. The molecule has 1 aliphatic heterocycles. The molecular formula is C16H14FN3O3. The average Bonchev–Trinajstić information content (AvgIpc) is 2.56. The van der Waals surface area contributed by atoms with Crippen LogP contribution in [0.4, 0.5) is 15.9 Å². The van der Waals surface area contributed by atoms with Crippen LogP contribution in [0.3, 0.4) is 0 Å². The van der Waals surface area contributed by atoms with Crippen LogP contribution < -0.4 is 15.0 Å². The van der Waals surface area contributed by atoms with Crippen molar-refractivity contribution >= 4 is 23.3 Å². The van der Waals surface area contributed by atoms with Crippen LogP contribution in [0.25, 0.3) is 0 Å². The van der Waals surface area contributed by atoms with Gasteiger partial charge in [-0.15, -0.1) is 0 Å². The van der Waals surface area contributed by atoms with Crippen molar-refractivity contribution < 1.29 is 18.7 Å². The zero-order valence-electron chi connectivity index (χ0n) is 12.2. The summed E-state index contributed by atoms with van der Waals surface area (Å²) in [4.78, 5) is 29.2. The van der Waals surface area contributed by atoms with E-state index in [4.69, 9.17) is 4.74 Å². The van der Waals surface area contributed by atoms with E-state index in [1.54, 1.807) is 18.2 Å². The topological polar surface area (TPSA) is 71.5 Å². The Bertz CT molecular complexity index is 734. The summed E-state index contributed by atoms with van der Waals surface area (Å²) in [5.41, 5.74) is 0.649. The highest BCUT2D eigenvalue weighted by atomic mass is 19.1. The maximum Gasteiger partial charge on any atom is 0.265 e.